The van der Waals surface area contributed by atoms with Gasteiger partial charge in [0.1, 0.15) is 0 Å². The van der Waals surface area contributed by atoms with Crippen molar-refractivity contribution in [3.05, 3.63) is 45.7 Å². The normalized spacial score (nSPS) is 23.5. The summed E-state index contributed by atoms with van der Waals surface area (Å²) >= 11 is 1.77. The van der Waals surface area contributed by atoms with Gasteiger partial charge in [-0.1, -0.05) is 38.0 Å². The van der Waals surface area contributed by atoms with Crippen LogP contribution in [0.3, 0.4) is 0 Å². The van der Waals surface area contributed by atoms with Crippen LogP contribution in [0, 0.1) is 19.8 Å². The van der Waals surface area contributed by atoms with Crippen molar-refractivity contribution in [2.45, 2.75) is 52.5 Å². The molecule has 2 atom stereocenters. The van der Waals surface area contributed by atoms with Gasteiger partial charge in [-0.25, -0.2) is 4.99 Å². The maximum atomic E-state index is 4.95. The Morgan fingerprint density at radius 1 is 1.14 bits per heavy atom. The van der Waals surface area contributed by atoms with E-state index in [4.69, 9.17) is 4.99 Å². The van der Waals surface area contributed by atoms with Crippen molar-refractivity contribution in [1.82, 2.24) is 4.57 Å². The first-order valence-corrected chi connectivity index (χ1v) is 8.82. The number of nitrogens with zero attached hydrogens (tertiary/aromatic N) is 2. The van der Waals surface area contributed by atoms with Gasteiger partial charge in [-0.05, 0) is 44.2 Å². The van der Waals surface area contributed by atoms with E-state index in [0.717, 1.165) is 16.4 Å². The Kier molecular flexibility index (Phi) is 4.29. The van der Waals surface area contributed by atoms with Crippen molar-refractivity contribution in [2.75, 3.05) is 0 Å². The predicted octanol–water partition coefficient (Wildman–Crippen LogP) is 5.15. The van der Waals surface area contributed by atoms with Crippen molar-refractivity contribution in [3.8, 4) is 0 Å². The van der Waals surface area contributed by atoms with Gasteiger partial charge < -0.3 is 4.57 Å². The Labute approximate surface area is 131 Å². The minimum Gasteiger partial charge on any atom is -0.318 e. The molecule has 1 aliphatic carbocycles. The molecule has 1 aromatic carbocycles. The Morgan fingerprint density at radius 2 is 1.90 bits per heavy atom. The highest BCUT2D eigenvalue weighted by Gasteiger charge is 2.24. The summed E-state index contributed by atoms with van der Waals surface area (Å²) in [7, 11) is 0. The third-order valence-corrected chi connectivity index (χ3v) is 5.61. The molecule has 2 nitrogen and oxygen atoms in total. The zero-order valence-corrected chi connectivity index (χ0v) is 14.0. The molecule has 0 aliphatic heterocycles. The number of para-hydroxylation sites is 1. The fourth-order valence-corrected chi connectivity index (χ4v) is 4.29. The van der Waals surface area contributed by atoms with Gasteiger partial charge in [-0.3, -0.25) is 0 Å². The number of hydrogen-bond donors (Lipinski definition) is 0. The summed E-state index contributed by atoms with van der Waals surface area (Å²) in [6, 6.07) is 9.00. The van der Waals surface area contributed by atoms with Crippen LogP contribution in [0.15, 0.2) is 34.6 Å². The second kappa shape index (κ2) is 6.18. The van der Waals surface area contributed by atoms with E-state index in [2.05, 4.69) is 55.0 Å². The van der Waals surface area contributed by atoms with Gasteiger partial charge in [0.2, 0.25) is 0 Å². The minimum atomic E-state index is 0.618. The molecule has 0 spiro atoms. The molecule has 0 saturated heterocycles. The van der Waals surface area contributed by atoms with Gasteiger partial charge in [-0.15, -0.1) is 11.3 Å². The average Bonchev–Trinajstić information content (AvgIpc) is 2.83. The van der Waals surface area contributed by atoms with Gasteiger partial charge in [-0.2, -0.15) is 0 Å². The van der Waals surface area contributed by atoms with Crippen LogP contribution in [-0.2, 0) is 0 Å². The molecule has 0 amide bonds. The summed E-state index contributed by atoms with van der Waals surface area (Å²) in [5.41, 5.74) is 3.69. The van der Waals surface area contributed by atoms with Gasteiger partial charge in [0.15, 0.2) is 4.80 Å². The van der Waals surface area contributed by atoms with Crippen LogP contribution < -0.4 is 4.80 Å². The largest absolute Gasteiger partial charge is 0.318 e. The SMILES string of the molecule is Cc1ccccc1N=c1scc(C)n1C1CCCCC1C. The van der Waals surface area contributed by atoms with E-state index >= 15 is 0 Å². The summed E-state index contributed by atoms with van der Waals surface area (Å²) in [6.45, 7) is 6.74. The van der Waals surface area contributed by atoms with Crippen LogP contribution in [0.2, 0.25) is 0 Å². The van der Waals surface area contributed by atoms with Crippen LogP contribution in [0.25, 0.3) is 0 Å². The van der Waals surface area contributed by atoms with E-state index in [9.17, 15) is 0 Å². The molecule has 3 rings (SSSR count). The number of aryl methyl sites for hydroxylation is 2. The monoisotopic (exact) mass is 300 g/mol. The third-order valence-electron chi connectivity index (χ3n) is 4.65. The quantitative estimate of drug-likeness (QED) is 0.730. The highest BCUT2D eigenvalue weighted by atomic mass is 32.1. The molecule has 0 N–H and O–H groups in total. The van der Waals surface area contributed by atoms with E-state index < -0.39 is 0 Å². The van der Waals surface area contributed by atoms with Crippen LogP contribution >= 0.6 is 11.3 Å². The van der Waals surface area contributed by atoms with E-state index in [1.165, 1.54) is 36.9 Å². The molecule has 21 heavy (non-hydrogen) atoms. The summed E-state index contributed by atoms with van der Waals surface area (Å²) in [5.74, 6) is 0.753. The first-order valence-electron chi connectivity index (χ1n) is 7.94. The summed E-state index contributed by atoms with van der Waals surface area (Å²) in [6.07, 6.45) is 5.36. The molecule has 3 heteroatoms. The fourth-order valence-electron chi connectivity index (χ4n) is 3.36. The Morgan fingerprint density at radius 3 is 2.67 bits per heavy atom. The number of thiazole rings is 1. The molecular formula is C18H24N2S. The van der Waals surface area contributed by atoms with Gasteiger partial charge >= 0.3 is 0 Å². The zero-order chi connectivity index (χ0) is 14.8. The molecule has 1 aliphatic rings. The maximum Gasteiger partial charge on any atom is 0.190 e. The topological polar surface area (TPSA) is 17.3 Å². The van der Waals surface area contributed by atoms with Crippen LogP contribution in [0.1, 0.15) is 49.9 Å². The maximum absolute atomic E-state index is 4.95. The Balaban J connectivity index is 2.07. The van der Waals surface area contributed by atoms with E-state index in [-0.39, 0.29) is 0 Å². The molecule has 1 aromatic heterocycles. The van der Waals surface area contributed by atoms with E-state index in [1.807, 2.05) is 0 Å². The number of benzene rings is 1. The predicted molar refractivity (Wildman–Crippen MR) is 90.1 cm³/mol. The number of rotatable bonds is 2. The van der Waals surface area contributed by atoms with E-state index in [1.54, 1.807) is 11.3 Å². The highest BCUT2D eigenvalue weighted by Crippen LogP contribution is 2.33. The molecule has 0 radical (unpaired) electrons. The smallest absolute Gasteiger partial charge is 0.190 e. The highest BCUT2D eigenvalue weighted by molar-refractivity contribution is 7.07. The minimum absolute atomic E-state index is 0.618. The van der Waals surface area contributed by atoms with Crippen molar-refractivity contribution >= 4 is 17.0 Å². The van der Waals surface area contributed by atoms with Crippen molar-refractivity contribution < 1.29 is 0 Å². The van der Waals surface area contributed by atoms with Crippen LogP contribution in [0.4, 0.5) is 5.69 Å². The number of hydrogen-bond acceptors (Lipinski definition) is 2. The van der Waals surface area contributed by atoms with Crippen LogP contribution in [0.5, 0.6) is 0 Å². The van der Waals surface area contributed by atoms with Gasteiger partial charge in [0.25, 0.3) is 0 Å². The second-order valence-corrected chi connectivity index (χ2v) is 7.09. The molecule has 1 saturated carbocycles. The first kappa shape index (κ1) is 14.6. The summed E-state index contributed by atoms with van der Waals surface area (Å²) in [5, 5.41) is 2.25. The molecule has 1 fully saturated rings. The first-order chi connectivity index (χ1) is 10.2. The average molecular weight is 300 g/mol. The lowest BCUT2D eigenvalue weighted by atomic mass is 9.85. The standard InChI is InChI=1S/C18H24N2S/c1-13-8-4-6-10-16(13)19-18-20(15(3)12-21-18)17-11-7-5-9-14(17)2/h4,6,8,10,12,14,17H,5,7,9,11H2,1-3H3. The third kappa shape index (κ3) is 2.98. The number of aromatic nitrogens is 1. The second-order valence-electron chi connectivity index (χ2n) is 6.26. The molecule has 112 valence electrons. The molecule has 1 heterocycles. The van der Waals surface area contributed by atoms with Gasteiger partial charge in [0, 0.05) is 17.1 Å². The summed E-state index contributed by atoms with van der Waals surface area (Å²) < 4.78 is 2.49. The molecule has 2 aromatic rings. The van der Waals surface area contributed by atoms with Crippen molar-refractivity contribution in [1.29, 1.82) is 0 Å². The Hall–Kier alpha value is -1.35. The molecule has 2 unspecified atom stereocenters. The van der Waals surface area contributed by atoms with Crippen molar-refractivity contribution in [2.24, 2.45) is 10.9 Å². The lowest BCUT2D eigenvalue weighted by Gasteiger charge is -2.31. The molecule has 0 bridgehead atoms. The van der Waals surface area contributed by atoms with Crippen LogP contribution in [-0.4, -0.2) is 4.57 Å². The zero-order valence-electron chi connectivity index (χ0n) is 13.2. The van der Waals surface area contributed by atoms with E-state index in [0.29, 0.717) is 6.04 Å². The van der Waals surface area contributed by atoms with Crippen molar-refractivity contribution in [3.63, 3.8) is 0 Å². The fraction of sp³-hybridized carbons (Fsp3) is 0.500. The summed E-state index contributed by atoms with van der Waals surface area (Å²) in [4.78, 5) is 6.11. The lowest BCUT2D eigenvalue weighted by molar-refractivity contribution is 0.251. The Bertz CT molecular complexity index is 681. The molecular weight excluding hydrogens is 276 g/mol. The lowest BCUT2D eigenvalue weighted by Crippen LogP contribution is -2.29. The van der Waals surface area contributed by atoms with Gasteiger partial charge in [0.05, 0.1) is 5.69 Å².